The van der Waals surface area contributed by atoms with Gasteiger partial charge in [0, 0.05) is 22.7 Å². The average Bonchev–Trinajstić information content (AvgIpc) is 3.20. The highest BCUT2D eigenvalue weighted by molar-refractivity contribution is 7.09. The molecule has 0 spiro atoms. The van der Waals surface area contributed by atoms with E-state index in [2.05, 4.69) is 10.6 Å². The first-order chi connectivity index (χ1) is 13.8. The minimum Gasteiger partial charge on any atom is -0.490 e. The quantitative estimate of drug-likeness (QED) is 0.451. The number of carbonyl (C=O) groups is 2. The molecular weight excluding hydrogens is 396 g/mol. The first-order valence-corrected chi connectivity index (χ1v) is 9.86. The molecule has 0 aliphatic heterocycles. The Hall–Kier alpha value is -2.98. The summed E-state index contributed by atoms with van der Waals surface area (Å²) in [4.78, 5) is 37.8. The highest BCUT2D eigenvalue weighted by Crippen LogP contribution is 2.32. The number of rotatable bonds is 10. The molecule has 9 nitrogen and oxygen atoms in total. The Morgan fingerprint density at radius 2 is 2.00 bits per heavy atom. The molecule has 1 aromatic carbocycles. The van der Waals surface area contributed by atoms with Crippen molar-refractivity contribution in [1.29, 1.82) is 0 Å². The molecule has 2 aromatic rings. The number of hydrogen-bond donors (Lipinski definition) is 2. The summed E-state index contributed by atoms with van der Waals surface area (Å²) >= 11 is 1.56. The van der Waals surface area contributed by atoms with Gasteiger partial charge < -0.3 is 15.4 Å². The zero-order valence-electron chi connectivity index (χ0n) is 16.6. The third-order valence-corrected chi connectivity index (χ3v) is 5.09. The average molecular weight is 420 g/mol. The predicted molar refractivity (Wildman–Crippen MR) is 111 cm³/mol. The smallest absolute Gasteiger partial charge is 0.311 e. The summed E-state index contributed by atoms with van der Waals surface area (Å²) in [5, 5.41) is 18.6. The van der Waals surface area contributed by atoms with Crippen LogP contribution in [0.25, 0.3) is 0 Å². The Labute approximate surface area is 172 Å². The molecule has 2 amide bonds. The summed E-state index contributed by atoms with van der Waals surface area (Å²) in [6.45, 7) is 4.61. The van der Waals surface area contributed by atoms with Crippen molar-refractivity contribution in [3.63, 3.8) is 0 Å². The van der Waals surface area contributed by atoms with Gasteiger partial charge in [-0.2, -0.15) is 0 Å². The summed E-state index contributed by atoms with van der Waals surface area (Å²) in [5.41, 5.74) is 0.804. The minimum atomic E-state index is -0.537. The van der Waals surface area contributed by atoms with Crippen LogP contribution in [0.15, 0.2) is 29.6 Å². The first-order valence-electron chi connectivity index (χ1n) is 8.98. The lowest BCUT2D eigenvalue weighted by Crippen LogP contribution is -2.40. The van der Waals surface area contributed by atoms with E-state index in [1.165, 1.54) is 19.2 Å². The number of carbonyl (C=O) groups excluding carboxylic acids is 2. The van der Waals surface area contributed by atoms with E-state index in [1.807, 2.05) is 24.4 Å². The number of nitro benzene ring substituents is 1. The number of nitrogens with zero attached hydrogens (tertiary/aromatic N) is 2. The van der Waals surface area contributed by atoms with Gasteiger partial charge >= 0.3 is 5.69 Å². The van der Waals surface area contributed by atoms with Gasteiger partial charge in [-0.3, -0.25) is 24.6 Å². The van der Waals surface area contributed by atoms with Crippen LogP contribution in [0.3, 0.4) is 0 Å². The van der Waals surface area contributed by atoms with Crippen molar-refractivity contribution in [2.24, 2.45) is 0 Å². The maximum Gasteiger partial charge on any atom is 0.311 e. The minimum absolute atomic E-state index is 0.0155. The number of benzene rings is 1. The van der Waals surface area contributed by atoms with Crippen LogP contribution in [-0.2, 0) is 16.1 Å². The van der Waals surface area contributed by atoms with Gasteiger partial charge in [-0.05, 0) is 30.5 Å². The van der Waals surface area contributed by atoms with Crippen LogP contribution in [0.2, 0.25) is 0 Å². The number of amides is 2. The van der Waals surface area contributed by atoms with Crippen molar-refractivity contribution in [1.82, 2.24) is 10.2 Å². The van der Waals surface area contributed by atoms with Crippen molar-refractivity contribution in [2.45, 2.75) is 20.4 Å². The van der Waals surface area contributed by atoms with Crippen LogP contribution in [0, 0.1) is 17.0 Å². The zero-order valence-corrected chi connectivity index (χ0v) is 17.4. The molecule has 1 heterocycles. The SMILES string of the molecule is CCN(CC(=O)NCc1cccs1)CC(=O)Nc1cc(OC)c([N+](=O)[O-])cc1C. The van der Waals surface area contributed by atoms with E-state index < -0.39 is 4.92 Å². The molecule has 0 aliphatic rings. The number of nitro groups is 1. The molecule has 0 unspecified atom stereocenters. The molecule has 2 rings (SSSR count). The van der Waals surface area contributed by atoms with E-state index >= 15 is 0 Å². The van der Waals surface area contributed by atoms with Crippen molar-refractivity contribution in [2.75, 3.05) is 32.1 Å². The van der Waals surface area contributed by atoms with Gasteiger partial charge in [-0.1, -0.05) is 13.0 Å². The second kappa shape index (κ2) is 10.5. The van der Waals surface area contributed by atoms with Crippen molar-refractivity contribution in [3.8, 4) is 5.75 Å². The molecule has 1 aromatic heterocycles. The highest BCUT2D eigenvalue weighted by atomic mass is 32.1. The largest absolute Gasteiger partial charge is 0.490 e. The van der Waals surface area contributed by atoms with E-state index in [4.69, 9.17) is 4.74 Å². The van der Waals surface area contributed by atoms with E-state index in [-0.39, 0.29) is 36.3 Å². The van der Waals surface area contributed by atoms with E-state index in [0.717, 1.165) is 4.88 Å². The van der Waals surface area contributed by atoms with Gasteiger partial charge in [0.1, 0.15) is 0 Å². The van der Waals surface area contributed by atoms with Gasteiger partial charge in [0.25, 0.3) is 0 Å². The number of aryl methyl sites for hydroxylation is 1. The number of hydrogen-bond acceptors (Lipinski definition) is 7. The first kappa shape index (κ1) is 22.3. The number of likely N-dealkylation sites (N-methyl/N-ethyl adjacent to an activating group) is 1. The number of ether oxygens (including phenoxy) is 1. The summed E-state index contributed by atoms with van der Waals surface area (Å²) < 4.78 is 5.04. The summed E-state index contributed by atoms with van der Waals surface area (Å²) in [5.74, 6) is -0.422. The Kier molecular flexibility index (Phi) is 8.10. The molecule has 156 valence electrons. The van der Waals surface area contributed by atoms with Crippen molar-refractivity contribution in [3.05, 3.63) is 50.2 Å². The maximum atomic E-state index is 12.4. The topological polar surface area (TPSA) is 114 Å². The summed E-state index contributed by atoms with van der Waals surface area (Å²) in [7, 11) is 1.33. The molecule has 0 bridgehead atoms. The fourth-order valence-electron chi connectivity index (χ4n) is 2.64. The molecule has 0 saturated heterocycles. The van der Waals surface area contributed by atoms with Gasteiger partial charge in [0.15, 0.2) is 5.75 Å². The molecular formula is C19H24N4O5S. The zero-order chi connectivity index (χ0) is 21.4. The Bertz CT molecular complexity index is 870. The van der Waals surface area contributed by atoms with Crippen LogP contribution in [0.1, 0.15) is 17.4 Å². The summed E-state index contributed by atoms with van der Waals surface area (Å²) in [6, 6.07) is 6.64. The Morgan fingerprint density at radius 3 is 2.59 bits per heavy atom. The van der Waals surface area contributed by atoms with E-state index in [0.29, 0.717) is 24.3 Å². The lowest BCUT2D eigenvalue weighted by molar-refractivity contribution is -0.385. The van der Waals surface area contributed by atoms with Gasteiger partial charge in [-0.15, -0.1) is 11.3 Å². The molecule has 0 radical (unpaired) electrons. The molecule has 2 N–H and O–H groups in total. The van der Waals surface area contributed by atoms with Crippen LogP contribution in [0.5, 0.6) is 5.75 Å². The summed E-state index contributed by atoms with van der Waals surface area (Å²) in [6.07, 6.45) is 0. The molecule has 0 atom stereocenters. The second-order valence-corrected chi connectivity index (χ2v) is 7.34. The lowest BCUT2D eigenvalue weighted by atomic mass is 10.1. The number of methoxy groups -OCH3 is 1. The van der Waals surface area contributed by atoms with E-state index in [9.17, 15) is 19.7 Å². The molecule has 10 heteroatoms. The normalized spacial score (nSPS) is 10.6. The fraction of sp³-hybridized carbons (Fsp3) is 0.368. The Morgan fingerprint density at radius 1 is 1.28 bits per heavy atom. The predicted octanol–water partition coefficient (Wildman–Crippen LogP) is 2.55. The number of anilines is 1. The van der Waals surface area contributed by atoms with Gasteiger partial charge in [-0.25, -0.2) is 0 Å². The third kappa shape index (κ3) is 6.54. The van der Waals surface area contributed by atoms with Crippen LogP contribution >= 0.6 is 11.3 Å². The van der Waals surface area contributed by atoms with Gasteiger partial charge in [0.2, 0.25) is 11.8 Å². The standard InChI is InChI=1S/C19H24N4O5S/c1-4-22(11-18(24)20-10-14-6-5-7-29-14)12-19(25)21-15-9-17(28-3)16(23(26)27)8-13(15)2/h5-9H,4,10-12H2,1-3H3,(H,20,24)(H,21,25). The highest BCUT2D eigenvalue weighted by Gasteiger charge is 2.19. The molecule has 0 saturated carbocycles. The van der Waals surface area contributed by atoms with Crippen molar-refractivity contribution < 1.29 is 19.2 Å². The van der Waals surface area contributed by atoms with Crippen LogP contribution in [0.4, 0.5) is 11.4 Å². The maximum absolute atomic E-state index is 12.4. The molecule has 0 aliphatic carbocycles. The van der Waals surface area contributed by atoms with E-state index in [1.54, 1.807) is 23.2 Å². The van der Waals surface area contributed by atoms with Gasteiger partial charge in [0.05, 0.1) is 31.7 Å². The van der Waals surface area contributed by atoms with Crippen LogP contribution < -0.4 is 15.4 Å². The monoisotopic (exact) mass is 420 g/mol. The van der Waals surface area contributed by atoms with Crippen LogP contribution in [-0.4, -0.2) is 48.4 Å². The molecule has 29 heavy (non-hydrogen) atoms. The number of thiophene rings is 1. The Balaban J connectivity index is 1.94. The number of nitrogens with one attached hydrogen (secondary N) is 2. The second-order valence-electron chi connectivity index (χ2n) is 6.30. The van der Waals surface area contributed by atoms with Crippen molar-refractivity contribution >= 4 is 34.5 Å². The lowest BCUT2D eigenvalue weighted by Gasteiger charge is -2.19. The third-order valence-electron chi connectivity index (χ3n) is 4.22. The fourth-order valence-corrected chi connectivity index (χ4v) is 3.29. The molecule has 0 fully saturated rings.